The maximum Gasteiger partial charge on any atom is 0.255 e. The van der Waals surface area contributed by atoms with Gasteiger partial charge in [-0.1, -0.05) is 19.1 Å². The fourth-order valence-corrected chi connectivity index (χ4v) is 2.20. The van der Waals surface area contributed by atoms with Crippen LogP contribution in [0.15, 0.2) is 24.3 Å². The third-order valence-electron chi connectivity index (χ3n) is 3.29. The zero-order valence-corrected chi connectivity index (χ0v) is 11.1. The summed E-state index contributed by atoms with van der Waals surface area (Å²) in [5.41, 5.74) is 1.09. The van der Waals surface area contributed by atoms with Crippen molar-refractivity contribution in [2.24, 2.45) is 0 Å². The fourth-order valence-electron chi connectivity index (χ4n) is 2.20. The molecule has 1 aliphatic rings. The van der Waals surface area contributed by atoms with E-state index in [1.54, 1.807) is 31.2 Å². The lowest BCUT2D eigenvalue weighted by atomic mass is 10.1. The lowest BCUT2D eigenvalue weighted by Gasteiger charge is -2.33. The van der Waals surface area contributed by atoms with E-state index in [-0.39, 0.29) is 19.1 Å². The Morgan fingerprint density at radius 1 is 1.35 bits per heavy atom. The molecule has 2 rings (SSSR count). The highest BCUT2D eigenvalue weighted by atomic mass is 16.3. The van der Waals surface area contributed by atoms with Gasteiger partial charge in [-0.15, -0.1) is 0 Å². The van der Waals surface area contributed by atoms with Crippen LogP contribution in [0.25, 0.3) is 0 Å². The predicted octanol–water partition coefficient (Wildman–Crippen LogP) is 0.0561. The number of rotatable bonds is 3. The van der Waals surface area contributed by atoms with Gasteiger partial charge in [-0.2, -0.15) is 0 Å². The van der Waals surface area contributed by atoms with Gasteiger partial charge in [0.25, 0.3) is 5.91 Å². The summed E-state index contributed by atoms with van der Waals surface area (Å²) in [4.78, 5) is 36.8. The second-order valence-corrected chi connectivity index (χ2v) is 4.62. The van der Waals surface area contributed by atoms with Crippen molar-refractivity contribution in [3.63, 3.8) is 0 Å². The second-order valence-electron chi connectivity index (χ2n) is 4.62. The standard InChI is InChI=1S/C14H16N2O4/c1-2-11-13(19)15-12(18)7-16(11)14(20)10-5-3-9(8-17)4-6-10/h3-6,11,17H,2,7-8H2,1H3,(H,15,18,19). The Morgan fingerprint density at radius 2 is 2.00 bits per heavy atom. The number of carbonyl (C=O) groups excluding carboxylic acids is 3. The van der Waals surface area contributed by atoms with Crippen LogP contribution in [0.3, 0.4) is 0 Å². The van der Waals surface area contributed by atoms with Crippen molar-refractivity contribution in [3.05, 3.63) is 35.4 Å². The van der Waals surface area contributed by atoms with Crippen LogP contribution in [-0.2, 0) is 16.2 Å². The molecule has 0 spiro atoms. The molecular weight excluding hydrogens is 260 g/mol. The number of nitrogens with zero attached hydrogens (tertiary/aromatic N) is 1. The highest BCUT2D eigenvalue weighted by molar-refractivity contribution is 6.07. The third kappa shape index (κ3) is 2.70. The number of hydrogen-bond donors (Lipinski definition) is 2. The van der Waals surface area contributed by atoms with Crippen molar-refractivity contribution < 1.29 is 19.5 Å². The predicted molar refractivity (Wildman–Crippen MR) is 70.6 cm³/mol. The van der Waals surface area contributed by atoms with Crippen molar-refractivity contribution in [2.75, 3.05) is 6.54 Å². The number of hydrogen-bond acceptors (Lipinski definition) is 4. The fraction of sp³-hybridized carbons (Fsp3) is 0.357. The summed E-state index contributed by atoms with van der Waals surface area (Å²) in [5, 5.41) is 11.2. The van der Waals surface area contributed by atoms with Crippen molar-refractivity contribution in [3.8, 4) is 0 Å². The van der Waals surface area contributed by atoms with E-state index in [9.17, 15) is 14.4 Å². The Labute approximate surface area is 116 Å². The number of nitrogens with one attached hydrogen (secondary N) is 1. The monoisotopic (exact) mass is 276 g/mol. The third-order valence-corrected chi connectivity index (χ3v) is 3.29. The van der Waals surface area contributed by atoms with Crippen molar-refractivity contribution in [1.82, 2.24) is 10.2 Å². The SMILES string of the molecule is CCC1C(=O)NC(=O)CN1C(=O)c1ccc(CO)cc1. The van der Waals surface area contributed by atoms with E-state index in [0.717, 1.165) is 0 Å². The van der Waals surface area contributed by atoms with Gasteiger partial charge >= 0.3 is 0 Å². The second kappa shape index (κ2) is 5.83. The van der Waals surface area contributed by atoms with Gasteiger partial charge in [-0.25, -0.2) is 0 Å². The van der Waals surface area contributed by atoms with E-state index < -0.39 is 17.9 Å². The first-order valence-corrected chi connectivity index (χ1v) is 6.41. The normalized spacial score (nSPS) is 18.9. The smallest absolute Gasteiger partial charge is 0.255 e. The lowest BCUT2D eigenvalue weighted by Crippen LogP contribution is -2.59. The molecule has 3 amide bonds. The topological polar surface area (TPSA) is 86.7 Å². The average molecular weight is 276 g/mol. The molecule has 1 heterocycles. The van der Waals surface area contributed by atoms with Crippen LogP contribution >= 0.6 is 0 Å². The molecular formula is C14H16N2O4. The largest absolute Gasteiger partial charge is 0.392 e. The number of aliphatic hydroxyl groups is 1. The summed E-state index contributed by atoms with van der Waals surface area (Å²) < 4.78 is 0. The van der Waals surface area contributed by atoms with E-state index in [1.165, 1.54) is 4.90 Å². The number of aliphatic hydroxyl groups excluding tert-OH is 1. The average Bonchev–Trinajstić information content (AvgIpc) is 2.46. The summed E-state index contributed by atoms with van der Waals surface area (Å²) >= 11 is 0. The van der Waals surface area contributed by atoms with Crippen LogP contribution < -0.4 is 5.32 Å². The van der Waals surface area contributed by atoms with Crippen LogP contribution in [0.5, 0.6) is 0 Å². The van der Waals surface area contributed by atoms with Gasteiger partial charge in [-0.05, 0) is 24.1 Å². The number of imide groups is 1. The minimum Gasteiger partial charge on any atom is -0.392 e. The van der Waals surface area contributed by atoms with Gasteiger partial charge in [-0.3, -0.25) is 19.7 Å². The molecule has 0 radical (unpaired) electrons. The molecule has 0 aromatic heterocycles. The van der Waals surface area contributed by atoms with Crippen molar-refractivity contribution in [2.45, 2.75) is 26.0 Å². The molecule has 20 heavy (non-hydrogen) atoms. The molecule has 1 saturated heterocycles. The lowest BCUT2D eigenvalue weighted by molar-refractivity contribution is -0.138. The van der Waals surface area contributed by atoms with Crippen LogP contribution in [0.1, 0.15) is 29.3 Å². The molecule has 6 nitrogen and oxygen atoms in total. The maximum atomic E-state index is 12.4. The zero-order valence-electron chi connectivity index (χ0n) is 11.1. The first-order valence-electron chi connectivity index (χ1n) is 6.41. The van der Waals surface area contributed by atoms with E-state index in [4.69, 9.17) is 5.11 Å². The Hall–Kier alpha value is -2.21. The highest BCUT2D eigenvalue weighted by Gasteiger charge is 2.35. The van der Waals surface area contributed by atoms with Gasteiger partial charge in [0.2, 0.25) is 11.8 Å². The van der Waals surface area contributed by atoms with E-state index in [2.05, 4.69) is 5.32 Å². The van der Waals surface area contributed by atoms with Crippen LogP contribution in [-0.4, -0.2) is 40.3 Å². The Bertz CT molecular complexity index is 539. The Kier molecular flexibility index (Phi) is 4.14. The summed E-state index contributed by atoms with van der Waals surface area (Å²) in [5.74, 6) is -1.27. The van der Waals surface area contributed by atoms with Crippen LogP contribution in [0, 0.1) is 0 Å². The van der Waals surface area contributed by atoms with Gasteiger partial charge in [0.15, 0.2) is 0 Å². The minimum atomic E-state index is -0.627. The highest BCUT2D eigenvalue weighted by Crippen LogP contribution is 2.15. The molecule has 1 aromatic rings. The van der Waals surface area contributed by atoms with Crippen molar-refractivity contribution >= 4 is 17.7 Å². The molecule has 0 saturated carbocycles. The molecule has 106 valence electrons. The molecule has 1 unspecified atom stereocenters. The number of amides is 3. The zero-order chi connectivity index (χ0) is 14.7. The molecule has 1 aromatic carbocycles. The van der Waals surface area contributed by atoms with Gasteiger partial charge in [0.1, 0.15) is 12.6 Å². The van der Waals surface area contributed by atoms with E-state index in [1.807, 2.05) is 0 Å². The molecule has 1 aliphatic heterocycles. The summed E-state index contributed by atoms with van der Waals surface area (Å²) in [6.07, 6.45) is 0.444. The number of carbonyl (C=O) groups is 3. The summed E-state index contributed by atoms with van der Waals surface area (Å²) in [6.45, 7) is 1.57. The summed E-state index contributed by atoms with van der Waals surface area (Å²) in [6, 6.07) is 5.81. The minimum absolute atomic E-state index is 0.101. The molecule has 0 aliphatic carbocycles. The Morgan fingerprint density at radius 3 is 2.55 bits per heavy atom. The van der Waals surface area contributed by atoms with Gasteiger partial charge in [0.05, 0.1) is 6.61 Å². The van der Waals surface area contributed by atoms with Crippen LogP contribution in [0.2, 0.25) is 0 Å². The number of benzene rings is 1. The van der Waals surface area contributed by atoms with E-state index >= 15 is 0 Å². The molecule has 2 N–H and O–H groups in total. The molecule has 1 atom stereocenters. The molecule has 1 fully saturated rings. The molecule has 0 bridgehead atoms. The quantitative estimate of drug-likeness (QED) is 0.764. The first-order chi connectivity index (χ1) is 9.56. The number of piperazine rings is 1. The van der Waals surface area contributed by atoms with E-state index in [0.29, 0.717) is 17.5 Å². The summed E-state index contributed by atoms with van der Waals surface area (Å²) in [7, 11) is 0. The Balaban J connectivity index is 2.24. The first kappa shape index (κ1) is 14.2. The van der Waals surface area contributed by atoms with Crippen molar-refractivity contribution in [1.29, 1.82) is 0 Å². The van der Waals surface area contributed by atoms with Gasteiger partial charge < -0.3 is 10.0 Å². The van der Waals surface area contributed by atoms with Gasteiger partial charge in [0, 0.05) is 5.56 Å². The molecule has 6 heteroatoms. The van der Waals surface area contributed by atoms with Crippen LogP contribution in [0.4, 0.5) is 0 Å². The maximum absolute atomic E-state index is 12.4.